The number of benzene rings is 1. The van der Waals surface area contributed by atoms with Crippen molar-refractivity contribution in [3.63, 3.8) is 0 Å². The van der Waals surface area contributed by atoms with Gasteiger partial charge in [0.1, 0.15) is 0 Å². The fourth-order valence-corrected chi connectivity index (χ4v) is 5.18. The Bertz CT molecular complexity index is 1040. The van der Waals surface area contributed by atoms with Crippen LogP contribution in [0.5, 0.6) is 0 Å². The van der Waals surface area contributed by atoms with Gasteiger partial charge in [-0.3, -0.25) is 4.79 Å². The summed E-state index contributed by atoms with van der Waals surface area (Å²) in [7, 11) is -1.97. The van der Waals surface area contributed by atoms with Gasteiger partial charge in [-0.25, -0.2) is 13.2 Å². The van der Waals surface area contributed by atoms with E-state index in [1.807, 2.05) is 0 Å². The van der Waals surface area contributed by atoms with Crippen LogP contribution < -0.4 is 10.6 Å². The Morgan fingerprint density at radius 3 is 2.57 bits per heavy atom. The maximum Gasteiger partial charge on any atom is 0.341 e. The Hall–Kier alpha value is -2.39. The predicted molar refractivity (Wildman–Crippen MR) is 115 cm³/mol. The highest BCUT2D eigenvalue weighted by molar-refractivity contribution is 7.90. The number of rotatable bonds is 6. The topological polar surface area (TPSA) is 110 Å². The summed E-state index contributed by atoms with van der Waals surface area (Å²) in [5.74, 6) is -0.104. The van der Waals surface area contributed by atoms with Crippen molar-refractivity contribution < 1.29 is 18.0 Å². The molecule has 3 rings (SSSR count). The van der Waals surface area contributed by atoms with Gasteiger partial charge in [0.2, 0.25) is 5.91 Å². The number of aromatic nitrogens is 2. The fourth-order valence-electron chi connectivity index (χ4n) is 3.84. The highest BCUT2D eigenvalue weighted by Crippen LogP contribution is 2.36. The van der Waals surface area contributed by atoms with E-state index in [9.17, 15) is 18.0 Å². The van der Waals surface area contributed by atoms with Crippen LogP contribution in [0.4, 0.5) is 10.6 Å². The average molecular weight is 453 g/mol. The van der Waals surface area contributed by atoms with E-state index >= 15 is 0 Å². The number of nitrogens with zero attached hydrogens (tertiary/aromatic N) is 2. The largest absolute Gasteiger partial charge is 0.341 e. The Morgan fingerprint density at radius 2 is 1.97 bits per heavy atom. The number of nitrogens with one attached hydrogen (secondary N) is 2. The minimum Gasteiger partial charge on any atom is -0.339 e. The van der Waals surface area contributed by atoms with Crippen LogP contribution in [0.25, 0.3) is 0 Å². The number of hydrogen-bond acceptors (Lipinski definition) is 5. The molecule has 1 aromatic heterocycles. The third kappa shape index (κ3) is 5.20. The number of carbonyl (C=O) groups is 2. The van der Waals surface area contributed by atoms with E-state index in [2.05, 4.69) is 15.7 Å². The minimum atomic E-state index is -3.46. The van der Waals surface area contributed by atoms with Gasteiger partial charge in [-0.05, 0) is 30.0 Å². The monoisotopic (exact) mass is 452 g/mol. The van der Waals surface area contributed by atoms with E-state index in [1.54, 1.807) is 18.2 Å². The zero-order chi connectivity index (χ0) is 21.9. The van der Waals surface area contributed by atoms with Crippen LogP contribution in [0.1, 0.15) is 43.6 Å². The van der Waals surface area contributed by atoms with Crippen molar-refractivity contribution in [3.8, 4) is 0 Å². The summed E-state index contributed by atoms with van der Waals surface area (Å²) in [5.41, 5.74) is 0.655. The molecule has 2 aromatic rings. The zero-order valence-corrected chi connectivity index (χ0v) is 18.5. The van der Waals surface area contributed by atoms with Gasteiger partial charge in [0.25, 0.3) is 0 Å². The maximum absolute atomic E-state index is 13.1. The van der Waals surface area contributed by atoms with Crippen molar-refractivity contribution in [2.75, 3.05) is 18.6 Å². The summed E-state index contributed by atoms with van der Waals surface area (Å²) in [6.45, 7) is 0. The Kier molecular flexibility index (Phi) is 6.82. The molecule has 1 fully saturated rings. The number of carbonyl (C=O) groups excluding carboxylic acids is 2. The molecule has 2 amide bonds. The lowest BCUT2D eigenvalue weighted by atomic mass is 9.87. The first-order valence-electron chi connectivity index (χ1n) is 9.77. The van der Waals surface area contributed by atoms with Gasteiger partial charge in [-0.1, -0.05) is 43.4 Å². The number of halogens is 1. The Balaban J connectivity index is 1.86. The van der Waals surface area contributed by atoms with Crippen LogP contribution in [-0.4, -0.2) is 43.4 Å². The number of amides is 2. The van der Waals surface area contributed by atoms with Crippen molar-refractivity contribution in [1.82, 2.24) is 15.1 Å². The van der Waals surface area contributed by atoms with Crippen LogP contribution in [0.2, 0.25) is 5.02 Å². The maximum atomic E-state index is 13.1. The molecule has 8 nitrogen and oxygen atoms in total. The summed E-state index contributed by atoms with van der Waals surface area (Å²) in [5, 5.41) is 9.38. The summed E-state index contributed by atoms with van der Waals surface area (Å²) < 4.78 is 24.8. The normalized spacial score (nSPS) is 15.7. The van der Waals surface area contributed by atoms with Crippen molar-refractivity contribution in [2.24, 2.45) is 5.92 Å². The molecule has 1 saturated carbocycles. The first-order chi connectivity index (χ1) is 14.2. The SMILES string of the molecule is CNC(=O)n1ccc(NC(=O)[C@H](CC2CCCC2)c2ccc(S(C)(=O)=O)c(Cl)c2)n1. The van der Waals surface area contributed by atoms with Gasteiger partial charge in [-0.15, -0.1) is 5.10 Å². The number of anilines is 1. The molecule has 162 valence electrons. The van der Waals surface area contributed by atoms with Gasteiger partial charge in [0, 0.05) is 25.6 Å². The van der Waals surface area contributed by atoms with Crippen LogP contribution >= 0.6 is 11.6 Å². The second kappa shape index (κ2) is 9.18. The first kappa shape index (κ1) is 22.3. The third-order valence-corrected chi connectivity index (χ3v) is 6.96. The summed E-state index contributed by atoms with van der Waals surface area (Å²) in [6.07, 6.45) is 7.59. The average Bonchev–Trinajstić information content (AvgIpc) is 3.36. The van der Waals surface area contributed by atoms with Gasteiger partial charge < -0.3 is 10.6 Å². The molecule has 30 heavy (non-hydrogen) atoms. The van der Waals surface area contributed by atoms with E-state index < -0.39 is 21.8 Å². The molecule has 1 heterocycles. The molecule has 1 aromatic carbocycles. The molecule has 0 aliphatic heterocycles. The summed E-state index contributed by atoms with van der Waals surface area (Å²) in [4.78, 5) is 24.8. The van der Waals surface area contributed by atoms with Crippen LogP contribution in [0.3, 0.4) is 0 Å². The van der Waals surface area contributed by atoms with Gasteiger partial charge in [0.05, 0.1) is 15.8 Å². The third-order valence-electron chi connectivity index (χ3n) is 5.38. The van der Waals surface area contributed by atoms with E-state index in [-0.39, 0.29) is 21.6 Å². The molecule has 0 saturated heterocycles. The lowest BCUT2D eigenvalue weighted by Crippen LogP contribution is -2.26. The lowest BCUT2D eigenvalue weighted by Gasteiger charge is -2.21. The van der Waals surface area contributed by atoms with Crippen molar-refractivity contribution >= 4 is 39.2 Å². The molecule has 2 N–H and O–H groups in total. The van der Waals surface area contributed by atoms with Crippen molar-refractivity contribution in [1.29, 1.82) is 0 Å². The molecule has 0 spiro atoms. The molecule has 10 heteroatoms. The smallest absolute Gasteiger partial charge is 0.339 e. The minimum absolute atomic E-state index is 0.0391. The molecule has 0 unspecified atom stereocenters. The number of hydrogen-bond donors (Lipinski definition) is 2. The van der Waals surface area contributed by atoms with Crippen molar-refractivity contribution in [3.05, 3.63) is 41.0 Å². The summed E-state index contributed by atoms with van der Waals surface area (Å²) in [6, 6.07) is 5.77. The molecule has 1 aliphatic carbocycles. The quantitative estimate of drug-likeness (QED) is 0.697. The highest BCUT2D eigenvalue weighted by Gasteiger charge is 2.28. The highest BCUT2D eigenvalue weighted by atomic mass is 35.5. The zero-order valence-electron chi connectivity index (χ0n) is 16.9. The second-order valence-corrected chi connectivity index (χ2v) is 9.98. The molecular formula is C20H25ClN4O4S. The molecular weight excluding hydrogens is 428 g/mol. The van der Waals surface area contributed by atoms with Crippen LogP contribution in [0, 0.1) is 5.92 Å². The lowest BCUT2D eigenvalue weighted by molar-refractivity contribution is -0.118. The molecule has 0 radical (unpaired) electrons. The van der Waals surface area contributed by atoms with E-state index in [1.165, 1.54) is 19.3 Å². The molecule has 0 bridgehead atoms. The van der Waals surface area contributed by atoms with Gasteiger partial charge >= 0.3 is 6.03 Å². The van der Waals surface area contributed by atoms with Crippen LogP contribution in [-0.2, 0) is 14.6 Å². The molecule has 1 aliphatic rings. The van der Waals surface area contributed by atoms with E-state index in [0.29, 0.717) is 17.9 Å². The standard InChI is InChI=1S/C20H25ClN4O4S/c1-22-20(27)25-10-9-18(24-25)23-19(26)15(11-13-5-3-4-6-13)14-7-8-17(16(21)12-14)30(2,28)29/h7-10,12-13,15H,3-6,11H2,1-2H3,(H,22,27)(H,23,24,26)/t15-/m1/s1. The summed E-state index contributed by atoms with van der Waals surface area (Å²) >= 11 is 6.22. The van der Waals surface area contributed by atoms with E-state index in [4.69, 9.17) is 11.6 Å². The Morgan fingerprint density at radius 1 is 1.27 bits per heavy atom. The van der Waals surface area contributed by atoms with Crippen LogP contribution in [0.15, 0.2) is 35.4 Å². The van der Waals surface area contributed by atoms with Gasteiger partial charge in [0.15, 0.2) is 15.7 Å². The molecule has 1 atom stereocenters. The first-order valence-corrected chi connectivity index (χ1v) is 12.0. The second-order valence-electron chi connectivity index (χ2n) is 7.59. The predicted octanol–water partition coefficient (Wildman–Crippen LogP) is 3.43. The van der Waals surface area contributed by atoms with Gasteiger partial charge in [-0.2, -0.15) is 4.68 Å². The van der Waals surface area contributed by atoms with E-state index in [0.717, 1.165) is 36.6 Å². The number of sulfone groups is 1. The van der Waals surface area contributed by atoms with Crippen molar-refractivity contribution in [2.45, 2.75) is 42.9 Å². The fraction of sp³-hybridized carbons (Fsp3) is 0.450. The Labute approximate surface area is 180 Å².